The van der Waals surface area contributed by atoms with Crippen molar-refractivity contribution in [3.05, 3.63) is 0 Å². The van der Waals surface area contributed by atoms with Gasteiger partial charge in [-0.15, -0.1) is 0 Å². The van der Waals surface area contributed by atoms with Crippen LogP contribution in [0.1, 0.15) is 72.6 Å². The second-order valence-electron chi connectivity index (χ2n) is 6.83. The number of nitriles is 1. The van der Waals surface area contributed by atoms with Crippen LogP contribution in [0.2, 0.25) is 0 Å². The van der Waals surface area contributed by atoms with E-state index in [1.54, 1.807) is 0 Å². The third kappa shape index (κ3) is 5.27. The van der Waals surface area contributed by atoms with Gasteiger partial charge < -0.3 is 4.90 Å². The Morgan fingerprint density at radius 3 is 2.62 bits per heavy atom. The molecule has 1 aliphatic carbocycles. The van der Waals surface area contributed by atoms with Crippen LogP contribution in [0.4, 0.5) is 0 Å². The zero-order valence-corrected chi connectivity index (χ0v) is 14.6. The summed E-state index contributed by atoms with van der Waals surface area (Å²) in [4.78, 5) is 2.60. The van der Waals surface area contributed by atoms with Gasteiger partial charge in [0.2, 0.25) is 0 Å². The molecule has 1 rings (SSSR count). The molecule has 2 atom stereocenters. The zero-order valence-electron chi connectivity index (χ0n) is 14.6. The second-order valence-corrected chi connectivity index (χ2v) is 6.83. The molecule has 21 heavy (non-hydrogen) atoms. The Labute approximate surface area is 132 Å². The zero-order chi connectivity index (χ0) is 15.7. The van der Waals surface area contributed by atoms with Crippen LogP contribution in [-0.2, 0) is 0 Å². The third-order valence-corrected chi connectivity index (χ3v) is 5.06. The summed E-state index contributed by atoms with van der Waals surface area (Å²) in [5, 5.41) is 13.1. The fourth-order valence-corrected chi connectivity index (χ4v) is 3.72. The highest BCUT2D eigenvalue weighted by Crippen LogP contribution is 2.37. The molecule has 0 spiro atoms. The number of nitrogens with one attached hydrogen (secondary N) is 1. The average molecular weight is 293 g/mol. The van der Waals surface area contributed by atoms with E-state index in [-0.39, 0.29) is 5.54 Å². The standard InChI is InChI=1S/C18H35N3/c1-5-7-8-13-21(16(3)4)14-11-17-10-9-12-18(17,15-19)20-6-2/h16-17,20H,5-14H2,1-4H3. The summed E-state index contributed by atoms with van der Waals surface area (Å²) in [7, 11) is 0. The minimum absolute atomic E-state index is 0.249. The molecule has 1 fully saturated rings. The van der Waals surface area contributed by atoms with Crippen LogP contribution in [0.3, 0.4) is 0 Å². The second kappa shape index (κ2) is 9.43. The fourth-order valence-electron chi connectivity index (χ4n) is 3.72. The van der Waals surface area contributed by atoms with Gasteiger partial charge in [0.05, 0.1) is 6.07 Å². The van der Waals surface area contributed by atoms with Gasteiger partial charge in [0, 0.05) is 6.04 Å². The lowest BCUT2D eigenvalue weighted by Gasteiger charge is -2.33. The molecule has 122 valence electrons. The number of nitrogens with zero attached hydrogens (tertiary/aromatic N) is 2. The summed E-state index contributed by atoms with van der Waals surface area (Å²) >= 11 is 0. The molecule has 0 radical (unpaired) electrons. The summed E-state index contributed by atoms with van der Waals surface area (Å²) in [6.07, 6.45) is 8.50. The van der Waals surface area contributed by atoms with E-state index in [9.17, 15) is 5.26 Å². The molecule has 0 aliphatic heterocycles. The Balaban J connectivity index is 2.52. The Kier molecular flexibility index (Phi) is 8.29. The van der Waals surface area contributed by atoms with Gasteiger partial charge in [0.25, 0.3) is 0 Å². The largest absolute Gasteiger partial charge is 0.301 e. The molecule has 0 aromatic rings. The smallest absolute Gasteiger partial charge is 0.109 e. The van der Waals surface area contributed by atoms with Crippen molar-refractivity contribution in [1.29, 1.82) is 5.26 Å². The summed E-state index contributed by atoms with van der Waals surface area (Å²) < 4.78 is 0. The molecular formula is C18H35N3. The lowest BCUT2D eigenvalue weighted by Crippen LogP contribution is -2.48. The average Bonchev–Trinajstić information content (AvgIpc) is 2.86. The SMILES string of the molecule is CCCCCN(CCC1CCCC1(C#N)NCC)C(C)C. The van der Waals surface area contributed by atoms with Gasteiger partial charge in [-0.25, -0.2) is 0 Å². The lowest BCUT2D eigenvalue weighted by atomic mass is 9.85. The molecule has 1 N–H and O–H groups in total. The maximum atomic E-state index is 9.64. The molecule has 2 unspecified atom stereocenters. The van der Waals surface area contributed by atoms with Crippen molar-refractivity contribution < 1.29 is 0 Å². The molecule has 1 aliphatic rings. The van der Waals surface area contributed by atoms with E-state index in [1.165, 1.54) is 38.6 Å². The number of hydrogen-bond acceptors (Lipinski definition) is 3. The van der Waals surface area contributed by atoms with E-state index in [4.69, 9.17) is 0 Å². The number of hydrogen-bond donors (Lipinski definition) is 1. The van der Waals surface area contributed by atoms with Crippen molar-refractivity contribution >= 4 is 0 Å². The first kappa shape index (κ1) is 18.5. The Hall–Kier alpha value is -0.590. The first-order valence-corrected chi connectivity index (χ1v) is 9.00. The molecule has 3 nitrogen and oxygen atoms in total. The van der Waals surface area contributed by atoms with E-state index in [1.807, 2.05) is 0 Å². The van der Waals surface area contributed by atoms with Crippen LogP contribution >= 0.6 is 0 Å². The molecular weight excluding hydrogens is 258 g/mol. The van der Waals surface area contributed by atoms with Gasteiger partial charge in [-0.05, 0) is 65.1 Å². The van der Waals surface area contributed by atoms with E-state index < -0.39 is 0 Å². The molecule has 0 aromatic carbocycles. The highest BCUT2D eigenvalue weighted by Gasteiger charge is 2.42. The van der Waals surface area contributed by atoms with Crippen LogP contribution in [-0.4, -0.2) is 36.1 Å². The van der Waals surface area contributed by atoms with Gasteiger partial charge in [-0.2, -0.15) is 5.26 Å². The Morgan fingerprint density at radius 1 is 1.29 bits per heavy atom. The molecule has 0 saturated heterocycles. The van der Waals surface area contributed by atoms with Crippen LogP contribution in [0.15, 0.2) is 0 Å². The van der Waals surface area contributed by atoms with Crippen molar-refractivity contribution in [2.75, 3.05) is 19.6 Å². The minimum Gasteiger partial charge on any atom is -0.301 e. The number of unbranched alkanes of at least 4 members (excludes halogenated alkanes) is 2. The quantitative estimate of drug-likeness (QED) is 0.620. The van der Waals surface area contributed by atoms with E-state index in [0.29, 0.717) is 12.0 Å². The van der Waals surface area contributed by atoms with Crippen LogP contribution in [0, 0.1) is 17.2 Å². The third-order valence-electron chi connectivity index (χ3n) is 5.06. The molecule has 3 heteroatoms. The maximum absolute atomic E-state index is 9.64. The molecule has 0 amide bonds. The summed E-state index contributed by atoms with van der Waals surface area (Å²) in [5.41, 5.74) is -0.249. The summed E-state index contributed by atoms with van der Waals surface area (Å²) in [6.45, 7) is 12.2. The normalized spacial score (nSPS) is 25.7. The van der Waals surface area contributed by atoms with E-state index >= 15 is 0 Å². The van der Waals surface area contributed by atoms with Crippen LogP contribution < -0.4 is 5.32 Å². The van der Waals surface area contributed by atoms with Crippen LogP contribution in [0.25, 0.3) is 0 Å². The molecule has 0 bridgehead atoms. The van der Waals surface area contributed by atoms with Crippen molar-refractivity contribution in [3.8, 4) is 6.07 Å². The maximum Gasteiger partial charge on any atom is 0.109 e. The van der Waals surface area contributed by atoms with Crippen molar-refractivity contribution in [3.63, 3.8) is 0 Å². The highest BCUT2D eigenvalue weighted by molar-refractivity contribution is 5.14. The van der Waals surface area contributed by atoms with Gasteiger partial charge in [0.15, 0.2) is 0 Å². The monoisotopic (exact) mass is 293 g/mol. The molecule has 0 heterocycles. The van der Waals surface area contributed by atoms with Gasteiger partial charge in [-0.3, -0.25) is 5.32 Å². The van der Waals surface area contributed by atoms with Crippen molar-refractivity contribution in [2.24, 2.45) is 5.92 Å². The van der Waals surface area contributed by atoms with Crippen molar-refractivity contribution in [2.45, 2.75) is 84.2 Å². The van der Waals surface area contributed by atoms with E-state index in [2.05, 4.69) is 44.0 Å². The first-order valence-electron chi connectivity index (χ1n) is 9.00. The Bertz CT molecular complexity index is 321. The van der Waals surface area contributed by atoms with Crippen molar-refractivity contribution in [1.82, 2.24) is 10.2 Å². The fraction of sp³-hybridized carbons (Fsp3) is 0.944. The van der Waals surface area contributed by atoms with Gasteiger partial charge in [0.1, 0.15) is 5.54 Å². The highest BCUT2D eigenvalue weighted by atomic mass is 15.1. The minimum atomic E-state index is -0.249. The Morgan fingerprint density at radius 2 is 2.05 bits per heavy atom. The van der Waals surface area contributed by atoms with E-state index in [0.717, 1.165) is 25.9 Å². The number of rotatable bonds is 10. The summed E-state index contributed by atoms with van der Waals surface area (Å²) in [6, 6.07) is 3.21. The van der Waals surface area contributed by atoms with Gasteiger partial charge >= 0.3 is 0 Å². The summed E-state index contributed by atoms with van der Waals surface area (Å²) in [5.74, 6) is 0.523. The molecule has 1 saturated carbocycles. The first-order chi connectivity index (χ1) is 10.1. The topological polar surface area (TPSA) is 39.1 Å². The predicted octanol–water partition coefficient (Wildman–Crippen LogP) is 3.95. The molecule has 0 aromatic heterocycles. The predicted molar refractivity (Wildman–Crippen MR) is 90.2 cm³/mol. The van der Waals surface area contributed by atoms with Crippen LogP contribution in [0.5, 0.6) is 0 Å². The van der Waals surface area contributed by atoms with Gasteiger partial charge in [-0.1, -0.05) is 33.1 Å². The lowest BCUT2D eigenvalue weighted by molar-refractivity contribution is 0.186.